The third-order valence-corrected chi connectivity index (χ3v) is 12.8. The molecule has 1 fully saturated rings. The summed E-state index contributed by atoms with van der Waals surface area (Å²) in [4.78, 5) is 107. The average molecular weight is 1020 g/mol. The molecule has 1 saturated heterocycles. The number of primary amides is 1. The van der Waals surface area contributed by atoms with E-state index >= 15 is 0 Å². The smallest absolute Gasteiger partial charge is 0.313 e. The van der Waals surface area contributed by atoms with Crippen LogP contribution in [0.3, 0.4) is 0 Å². The van der Waals surface area contributed by atoms with E-state index in [0.717, 1.165) is 51.9 Å². The van der Waals surface area contributed by atoms with Gasteiger partial charge in [0, 0.05) is 19.9 Å². The number of carbonyl (C=O) groups is 7. The van der Waals surface area contributed by atoms with Gasteiger partial charge in [0.15, 0.2) is 6.79 Å². The van der Waals surface area contributed by atoms with E-state index in [-0.39, 0.29) is 37.8 Å². The highest BCUT2D eigenvalue weighted by Crippen LogP contribution is 2.40. The van der Waals surface area contributed by atoms with Gasteiger partial charge < -0.3 is 56.3 Å². The zero-order chi connectivity index (χ0) is 52.9. The number of amides is 6. The Morgan fingerprint density at radius 3 is 2.11 bits per heavy atom. The lowest BCUT2D eigenvalue weighted by molar-refractivity contribution is -0.697. The molecule has 2 aromatic rings. The molecule has 1 aliphatic heterocycles. The summed E-state index contributed by atoms with van der Waals surface area (Å²) >= 11 is 0. The first-order valence-corrected chi connectivity index (χ1v) is 25.8. The van der Waals surface area contributed by atoms with Crippen molar-refractivity contribution in [2.75, 3.05) is 26.6 Å². The van der Waals surface area contributed by atoms with Crippen molar-refractivity contribution in [1.29, 1.82) is 0 Å². The zero-order valence-corrected chi connectivity index (χ0v) is 43.2. The van der Waals surface area contributed by atoms with Gasteiger partial charge in [0.1, 0.15) is 48.6 Å². The maximum absolute atomic E-state index is 14.4. The highest BCUT2D eigenvalue weighted by Gasteiger charge is 2.38. The van der Waals surface area contributed by atoms with Crippen molar-refractivity contribution >= 4 is 49.2 Å². The van der Waals surface area contributed by atoms with Crippen LogP contribution in [0.15, 0.2) is 42.9 Å². The van der Waals surface area contributed by atoms with E-state index in [0.29, 0.717) is 31.6 Å². The fourth-order valence-corrected chi connectivity index (χ4v) is 8.77. The Bertz CT molecular complexity index is 2120. The van der Waals surface area contributed by atoms with Crippen LogP contribution in [-0.2, 0) is 77.8 Å². The molecule has 0 aliphatic carbocycles. The van der Waals surface area contributed by atoms with Gasteiger partial charge >= 0.3 is 5.97 Å². The second-order valence-corrected chi connectivity index (χ2v) is 20.8. The number of nitrogens with one attached hydrogen (secondary N) is 4. The lowest BCUT2D eigenvalue weighted by atomic mass is 9.98. The van der Waals surface area contributed by atoms with Crippen molar-refractivity contribution < 1.29 is 71.6 Å². The minimum Gasteiger partial charge on any atom is -0.756 e. The van der Waals surface area contributed by atoms with Gasteiger partial charge in [0.05, 0.1) is 31.3 Å². The normalized spacial score (nSPS) is 16.8. The van der Waals surface area contributed by atoms with E-state index in [4.69, 9.17) is 15.0 Å². The molecular weight excluding hydrogens is 944 g/mol. The number of hydrogen-bond donors (Lipinski definition) is 7. The molecule has 1 aromatic heterocycles. The van der Waals surface area contributed by atoms with Crippen LogP contribution in [0, 0.1) is 11.3 Å². The SMILES string of the molecule is CC(=O)N1CCC[C@H]1C(=O)N[C@@H](CC(C)C)C(=O)N[C@@H](Cc1c[n+](CCO)cn1CCCCCCCCc1ccccc1)C(=O)N[C@@H](CO)C(=O)N[C@H](C(N)=O)[C@@H](C)OP(=O)([O-])OCOC(=O)C(C)(C)C. The van der Waals surface area contributed by atoms with Gasteiger partial charge in [-0.3, -0.25) is 42.7 Å². The van der Waals surface area contributed by atoms with E-state index in [9.17, 15) is 53.2 Å². The molecule has 1 aliphatic rings. The van der Waals surface area contributed by atoms with E-state index < -0.39 is 98.5 Å². The summed E-state index contributed by atoms with van der Waals surface area (Å²) in [6.45, 7) is 9.58. The minimum atomic E-state index is -5.29. The number of imidazole rings is 1. The van der Waals surface area contributed by atoms with Crippen molar-refractivity contribution in [2.24, 2.45) is 17.1 Å². The van der Waals surface area contributed by atoms with Crippen molar-refractivity contribution in [3.63, 3.8) is 0 Å². The Labute approximate surface area is 416 Å². The van der Waals surface area contributed by atoms with E-state index in [1.165, 1.54) is 38.2 Å². The molecule has 3 rings (SSSR count). The maximum atomic E-state index is 14.4. The summed E-state index contributed by atoms with van der Waals surface area (Å²) in [7, 11) is -5.29. The molecule has 6 amide bonds. The number of aliphatic hydroxyl groups is 2. The van der Waals surface area contributed by atoms with E-state index in [1.54, 1.807) is 17.1 Å². The number of aromatic nitrogens is 2. The average Bonchev–Trinajstić information content (AvgIpc) is 3.95. The molecule has 7 atom stereocenters. The standard InChI is InChI=1S/C48H77N8O14P/c1-32(2)26-37(51-46(64)40-21-17-23-56(40)34(4)59)43(61)50-38(27-36-28-54(24-25-57)30-55(36)22-16-11-9-8-10-13-18-35-19-14-12-15-20-35)44(62)52-39(29-58)45(63)53-41(42(49)60)33(3)70-71(66,67)69-31-68-47(65)48(5,6)7/h12,14-15,19-20,28,30,32-33,37-41,57-58H,8-11,13,16-18,21-27,29,31H2,1-7H3,(H6-,49,50,51,52,53,60,61,62,63,64,66,67)/t33-,37+,38+,39+,40+,41+/m1/s1. The Hall–Kier alpha value is -5.25. The number of benzene rings is 1. The van der Waals surface area contributed by atoms with Gasteiger partial charge in [-0.15, -0.1) is 0 Å². The number of likely N-dealkylation sites (tertiary alicyclic amines) is 1. The summed E-state index contributed by atoms with van der Waals surface area (Å²) in [5.74, 6) is -5.86. The van der Waals surface area contributed by atoms with E-state index in [1.807, 2.05) is 36.6 Å². The number of aryl methyl sites for hydroxylation is 2. The van der Waals surface area contributed by atoms with Gasteiger partial charge in [-0.25, -0.2) is 9.13 Å². The summed E-state index contributed by atoms with van der Waals surface area (Å²) < 4.78 is 30.5. The predicted molar refractivity (Wildman–Crippen MR) is 257 cm³/mol. The Morgan fingerprint density at radius 2 is 1.51 bits per heavy atom. The zero-order valence-electron chi connectivity index (χ0n) is 42.3. The molecule has 8 N–H and O–H groups in total. The van der Waals surface area contributed by atoms with Crippen molar-refractivity contribution in [1.82, 2.24) is 30.7 Å². The quantitative estimate of drug-likeness (QED) is 0.0181. The fraction of sp³-hybridized carbons (Fsp3) is 0.667. The lowest BCUT2D eigenvalue weighted by Crippen LogP contribution is -2.61. The van der Waals surface area contributed by atoms with Crippen LogP contribution in [-0.4, -0.2) is 124 Å². The number of aliphatic hydroxyl groups excluding tert-OH is 2. The van der Waals surface area contributed by atoms with Crippen molar-refractivity contribution in [3.05, 3.63) is 54.1 Å². The van der Waals surface area contributed by atoms with Crippen LogP contribution < -0.4 is 36.5 Å². The van der Waals surface area contributed by atoms with Crippen LogP contribution in [0.1, 0.15) is 118 Å². The summed E-state index contributed by atoms with van der Waals surface area (Å²) in [5.41, 5.74) is 6.41. The number of nitrogens with two attached hydrogens (primary N) is 1. The lowest BCUT2D eigenvalue weighted by Gasteiger charge is -2.31. The monoisotopic (exact) mass is 1020 g/mol. The minimum absolute atomic E-state index is 0.121. The first-order chi connectivity index (χ1) is 33.5. The van der Waals surface area contributed by atoms with Gasteiger partial charge in [-0.05, 0) is 84.1 Å². The highest BCUT2D eigenvalue weighted by atomic mass is 31.2. The number of rotatable bonds is 31. The molecule has 0 bridgehead atoms. The number of nitrogens with zero attached hydrogens (tertiary/aromatic N) is 3. The van der Waals surface area contributed by atoms with Crippen LogP contribution in [0.2, 0.25) is 0 Å². The molecule has 0 saturated carbocycles. The third kappa shape index (κ3) is 20.8. The summed E-state index contributed by atoms with van der Waals surface area (Å²) in [6, 6.07) is 3.24. The van der Waals surface area contributed by atoms with Crippen molar-refractivity contribution in [2.45, 2.75) is 168 Å². The van der Waals surface area contributed by atoms with Crippen molar-refractivity contribution in [3.8, 4) is 0 Å². The maximum Gasteiger partial charge on any atom is 0.313 e. The number of hydrogen-bond acceptors (Lipinski definition) is 14. The molecule has 1 aromatic carbocycles. The fourth-order valence-electron chi connectivity index (χ4n) is 8.00. The number of unbranched alkanes of at least 4 members (excludes halogenated alkanes) is 5. The van der Waals surface area contributed by atoms with Gasteiger partial charge in [0.2, 0.25) is 41.8 Å². The summed E-state index contributed by atoms with van der Waals surface area (Å²) in [5, 5.41) is 30.3. The number of ether oxygens (including phenoxy) is 1. The Balaban J connectivity index is 1.84. The van der Waals surface area contributed by atoms with Gasteiger partial charge in [0.25, 0.3) is 7.82 Å². The summed E-state index contributed by atoms with van der Waals surface area (Å²) in [6.07, 6.45) is 9.71. The second kappa shape index (κ2) is 29.3. The largest absolute Gasteiger partial charge is 0.756 e. The molecule has 22 nitrogen and oxygen atoms in total. The first kappa shape index (κ1) is 60.1. The first-order valence-electron chi connectivity index (χ1n) is 24.4. The van der Waals surface area contributed by atoms with E-state index in [2.05, 4.69) is 37.9 Å². The van der Waals surface area contributed by atoms with Crippen LogP contribution >= 0.6 is 7.82 Å². The Kier molecular flexibility index (Phi) is 24.8. The second-order valence-electron chi connectivity index (χ2n) is 19.4. The van der Waals surface area contributed by atoms with Crippen LogP contribution in [0.25, 0.3) is 0 Å². The molecule has 398 valence electrons. The number of esters is 1. The number of carbonyl (C=O) groups excluding carboxylic acids is 7. The third-order valence-electron chi connectivity index (χ3n) is 11.8. The highest BCUT2D eigenvalue weighted by molar-refractivity contribution is 7.45. The molecule has 0 spiro atoms. The topological polar surface area (TPSA) is 314 Å². The van der Waals surface area contributed by atoms with Crippen LogP contribution in [0.4, 0.5) is 0 Å². The molecule has 1 unspecified atom stereocenters. The van der Waals surface area contributed by atoms with Crippen LogP contribution in [0.5, 0.6) is 0 Å². The predicted octanol–water partition coefficient (Wildman–Crippen LogP) is 0.804. The van der Waals surface area contributed by atoms with Gasteiger partial charge in [-0.1, -0.05) is 63.4 Å². The molecule has 23 heteroatoms. The Morgan fingerprint density at radius 1 is 0.887 bits per heavy atom. The van der Waals surface area contributed by atoms with Gasteiger partial charge in [-0.2, -0.15) is 0 Å². The molecule has 2 heterocycles. The number of phosphoric acid groups is 1. The molecule has 0 radical (unpaired) electrons. The molecular formula is C48H77N8O14P. The number of phosphoric ester groups is 1. The molecule has 71 heavy (non-hydrogen) atoms.